The number of fused-ring (bicyclic) bond motifs is 1. The number of aromatic hydroxyl groups is 1. The summed E-state index contributed by atoms with van der Waals surface area (Å²) in [6, 6.07) is 9.29. The van der Waals surface area contributed by atoms with Crippen LogP contribution in [-0.4, -0.2) is 17.6 Å². The van der Waals surface area contributed by atoms with Gasteiger partial charge in [-0.05, 0) is 34.9 Å². The van der Waals surface area contributed by atoms with E-state index in [-0.39, 0.29) is 11.7 Å². The third-order valence-corrected chi connectivity index (χ3v) is 3.11. The molecule has 0 fully saturated rings. The number of nitrogens with one attached hydrogen (secondary N) is 1. The van der Waals surface area contributed by atoms with Gasteiger partial charge in [-0.3, -0.25) is 4.79 Å². The summed E-state index contributed by atoms with van der Waals surface area (Å²) in [7, 11) is 0. The lowest BCUT2D eigenvalue weighted by atomic mass is 10.0. The molecule has 0 spiro atoms. The van der Waals surface area contributed by atoms with E-state index >= 15 is 0 Å². The smallest absolute Gasteiger partial charge is 0.216 e. The molecule has 94 valence electrons. The molecule has 0 bridgehead atoms. The van der Waals surface area contributed by atoms with Crippen molar-refractivity contribution in [2.75, 3.05) is 6.54 Å². The number of carbonyl (C=O) groups excluding carboxylic acids is 1. The quantitative estimate of drug-likeness (QED) is 0.895. The van der Waals surface area contributed by atoms with Crippen LogP contribution in [0.1, 0.15) is 12.5 Å². The van der Waals surface area contributed by atoms with Gasteiger partial charge in [-0.1, -0.05) is 29.8 Å². The van der Waals surface area contributed by atoms with Crippen molar-refractivity contribution in [2.45, 2.75) is 13.3 Å². The van der Waals surface area contributed by atoms with Gasteiger partial charge in [0.1, 0.15) is 5.75 Å². The fourth-order valence-electron chi connectivity index (χ4n) is 1.94. The highest BCUT2D eigenvalue weighted by atomic mass is 35.5. The number of phenolic OH excluding ortho intramolecular Hbond substituents is 1. The Balaban J connectivity index is 2.33. The number of benzene rings is 2. The molecule has 0 atom stereocenters. The van der Waals surface area contributed by atoms with Gasteiger partial charge in [0.15, 0.2) is 0 Å². The number of phenols is 1. The van der Waals surface area contributed by atoms with Crippen molar-refractivity contribution in [1.82, 2.24) is 5.32 Å². The SMILES string of the molecule is CC(=O)NCCc1cccc2cc(Cl)c(O)cc12. The molecule has 0 saturated heterocycles. The molecular formula is C14H14ClNO2. The Morgan fingerprint density at radius 3 is 2.89 bits per heavy atom. The van der Waals surface area contributed by atoms with Crippen LogP contribution in [0.3, 0.4) is 0 Å². The molecule has 18 heavy (non-hydrogen) atoms. The van der Waals surface area contributed by atoms with Gasteiger partial charge in [-0.2, -0.15) is 0 Å². The average molecular weight is 264 g/mol. The van der Waals surface area contributed by atoms with Crippen LogP contribution in [0.2, 0.25) is 5.02 Å². The fourth-order valence-corrected chi connectivity index (χ4v) is 2.11. The minimum Gasteiger partial charge on any atom is -0.506 e. The molecule has 0 aliphatic heterocycles. The minimum atomic E-state index is -0.0406. The number of carbonyl (C=O) groups is 1. The first-order valence-electron chi connectivity index (χ1n) is 5.72. The summed E-state index contributed by atoms with van der Waals surface area (Å²) in [6.07, 6.45) is 0.720. The maximum absolute atomic E-state index is 10.8. The van der Waals surface area contributed by atoms with Crippen molar-refractivity contribution in [2.24, 2.45) is 0 Å². The molecule has 2 N–H and O–H groups in total. The number of hydrogen-bond donors (Lipinski definition) is 2. The lowest BCUT2D eigenvalue weighted by Crippen LogP contribution is -2.22. The summed E-state index contributed by atoms with van der Waals surface area (Å²) in [5.74, 6) is 0.0391. The van der Waals surface area contributed by atoms with E-state index < -0.39 is 0 Å². The van der Waals surface area contributed by atoms with Crippen LogP contribution in [0.25, 0.3) is 10.8 Å². The average Bonchev–Trinajstić information content (AvgIpc) is 2.31. The Kier molecular flexibility index (Phi) is 3.72. The van der Waals surface area contributed by atoms with E-state index in [1.807, 2.05) is 18.2 Å². The number of rotatable bonds is 3. The largest absolute Gasteiger partial charge is 0.506 e. The second-order valence-corrected chi connectivity index (χ2v) is 4.58. The molecule has 1 amide bonds. The van der Waals surface area contributed by atoms with Crippen LogP contribution < -0.4 is 5.32 Å². The monoisotopic (exact) mass is 263 g/mol. The van der Waals surface area contributed by atoms with E-state index in [1.54, 1.807) is 12.1 Å². The van der Waals surface area contributed by atoms with Gasteiger partial charge in [0, 0.05) is 13.5 Å². The second-order valence-electron chi connectivity index (χ2n) is 4.17. The van der Waals surface area contributed by atoms with Gasteiger partial charge in [0.05, 0.1) is 5.02 Å². The van der Waals surface area contributed by atoms with Crippen molar-refractivity contribution in [3.63, 3.8) is 0 Å². The summed E-state index contributed by atoms with van der Waals surface area (Å²) in [4.78, 5) is 10.8. The van der Waals surface area contributed by atoms with Crippen molar-refractivity contribution in [3.8, 4) is 5.75 Å². The first kappa shape index (κ1) is 12.7. The van der Waals surface area contributed by atoms with E-state index in [1.165, 1.54) is 6.92 Å². The van der Waals surface area contributed by atoms with Crippen LogP contribution >= 0.6 is 11.6 Å². The van der Waals surface area contributed by atoms with E-state index in [0.29, 0.717) is 11.6 Å². The van der Waals surface area contributed by atoms with E-state index in [2.05, 4.69) is 5.32 Å². The molecule has 0 aromatic heterocycles. The van der Waals surface area contributed by atoms with Crippen molar-refractivity contribution in [3.05, 3.63) is 40.9 Å². The van der Waals surface area contributed by atoms with Crippen LogP contribution in [0.4, 0.5) is 0 Å². The van der Waals surface area contributed by atoms with E-state index in [9.17, 15) is 9.90 Å². The van der Waals surface area contributed by atoms with Gasteiger partial charge in [-0.25, -0.2) is 0 Å². The third kappa shape index (κ3) is 2.74. The Morgan fingerprint density at radius 1 is 1.39 bits per heavy atom. The molecule has 2 aromatic carbocycles. The van der Waals surface area contributed by atoms with Crippen LogP contribution in [0.15, 0.2) is 30.3 Å². The number of hydrogen-bond acceptors (Lipinski definition) is 2. The third-order valence-electron chi connectivity index (χ3n) is 2.81. The maximum Gasteiger partial charge on any atom is 0.216 e. The van der Waals surface area contributed by atoms with Crippen molar-refractivity contribution < 1.29 is 9.90 Å². The molecule has 0 heterocycles. The highest BCUT2D eigenvalue weighted by Gasteiger charge is 2.05. The molecular weight excluding hydrogens is 250 g/mol. The predicted octanol–water partition coefficient (Wildman–Crippen LogP) is 2.88. The van der Waals surface area contributed by atoms with Crippen LogP contribution in [0, 0.1) is 0 Å². The Morgan fingerprint density at radius 2 is 2.17 bits per heavy atom. The summed E-state index contributed by atoms with van der Waals surface area (Å²) < 4.78 is 0. The van der Waals surface area contributed by atoms with Crippen LogP contribution in [-0.2, 0) is 11.2 Å². The summed E-state index contributed by atoms with van der Waals surface area (Å²) >= 11 is 5.88. The first-order chi connectivity index (χ1) is 8.58. The van der Waals surface area contributed by atoms with Gasteiger partial charge < -0.3 is 10.4 Å². The normalized spacial score (nSPS) is 10.6. The zero-order valence-electron chi connectivity index (χ0n) is 10.0. The Bertz CT molecular complexity index is 596. The Hall–Kier alpha value is -1.74. The first-order valence-corrected chi connectivity index (χ1v) is 6.10. The molecule has 2 rings (SSSR count). The standard InChI is InChI=1S/C14H14ClNO2/c1-9(17)16-6-5-10-3-2-4-11-7-13(15)14(18)8-12(10)11/h2-4,7-8,18H,5-6H2,1H3,(H,16,17). The van der Waals surface area contributed by atoms with E-state index in [4.69, 9.17) is 11.6 Å². The predicted molar refractivity (Wildman–Crippen MR) is 73.0 cm³/mol. The lowest BCUT2D eigenvalue weighted by molar-refractivity contribution is -0.118. The van der Waals surface area contributed by atoms with Crippen molar-refractivity contribution in [1.29, 1.82) is 0 Å². The molecule has 2 aromatic rings. The van der Waals surface area contributed by atoms with Crippen LogP contribution in [0.5, 0.6) is 5.75 Å². The molecule has 0 aliphatic carbocycles. The zero-order valence-corrected chi connectivity index (χ0v) is 10.8. The van der Waals surface area contributed by atoms with Gasteiger partial charge in [0.2, 0.25) is 5.91 Å². The molecule has 0 unspecified atom stereocenters. The van der Waals surface area contributed by atoms with Gasteiger partial charge >= 0.3 is 0 Å². The minimum absolute atomic E-state index is 0.0406. The molecule has 4 heteroatoms. The molecule has 0 saturated carbocycles. The molecule has 0 radical (unpaired) electrons. The highest BCUT2D eigenvalue weighted by molar-refractivity contribution is 6.32. The van der Waals surface area contributed by atoms with E-state index in [0.717, 1.165) is 22.8 Å². The van der Waals surface area contributed by atoms with Crippen molar-refractivity contribution >= 4 is 28.3 Å². The summed E-state index contributed by atoms with van der Waals surface area (Å²) in [5.41, 5.74) is 1.08. The lowest BCUT2D eigenvalue weighted by Gasteiger charge is -2.08. The highest BCUT2D eigenvalue weighted by Crippen LogP contribution is 2.30. The second kappa shape index (κ2) is 5.27. The van der Waals surface area contributed by atoms with Gasteiger partial charge in [-0.15, -0.1) is 0 Å². The Labute approximate surface area is 110 Å². The molecule has 3 nitrogen and oxygen atoms in total. The number of halogens is 1. The summed E-state index contributed by atoms with van der Waals surface area (Å²) in [6.45, 7) is 2.08. The fraction of sp³-hybridized carbons (Fsp3) is 0.214. The number of amides is 1. The maximum atomic E-state index is 10.8. The summed E-state index contributed by atoms with van der Waals surface area (Å²) in [5, 5.41) is 14.7. The topological polar surface area (TPSA) is 49.3 Å². The zero-order chi connectivity index (χ0) is 13.1. The molecule has 0 aliphatic rings. The van der Waals surface area contributed by atoms with Gasteiger partial charge in [0.25, 0.3) is 0 Å².